The van der Waals surface area contributed by atoms with E-state index < -0.39 is 0 Å². The first-order valence-electron chi connectivity index (χ1n) is 9.81. The van der Waals surface area contributed by atoms with Gasteiger partial charge in [-0.3, -0.25) is 9.59 Å². The van der Waals surface area contributed by atoms with Crippen LogP contribution in [-0.2, 0) is 4.79 Å². The lowest BCUT2D eigenvalue weighted by Gasteiger charge is -2.36. The molecular formula is C21H25ClN4O2S2. The van der Waals surface area contributed by atoms with Crippen molar-refractivity contribution in [3.05, 3.63) is 45.6 Å². The third kappa shape index (κ3) is 5.93. The summed E-state index contributed by atoms with van der Waals surface area (Å²) < 4.78 is 0. The van der Waals surface area contributed by atoms with E-state index in [0.717, 1.165) is 10.6 Å². The third-order valence-corrected chi connectivity index (χ3v) is 6.06. The molecule has 2 aromatic rings. The Morgan fingerprint density at radius 3 is 2.53 bits per heavy atom. The minimum Gasteiger partial charge on any atom is -0.367 e. The SMILES string of the molecule is CC(C)CC(=O)NC(=S)Nc1ccc(N2CCN(C(=O)c3cccs3)CC2)c(Cl)c1. The molecular weight excluding hydrogens is 440 g/mol. The van der Waals surface area contributed by atoms with Gasteiger partial charge in [-0.2, -0.15) is 0 Å². The quantitative estimate of drug-likeness (QED) is 0.648. The van der Waals surface area contributed by atoms with Crippen LogP contribution in [0.25, 0.3) is 0 Å². The second kappa shape index (κ2) is 10.2. The second-order valence-electron chi connectivity index (χ2n) is 7.52. The number of thiophene rings is 1. The molecule has 9 heteroatoms. The Labute approximate surface area is 191 Å². The highest BCUT2D eigenvalue weighted by atomic mass is 35.5. The van der Waals surface area contributed by atoms with Crippen molar-refractivity contribution < 1.29 is 9.59 Å². The van der Waals surface area contributed by atoms with Gasteiger partial charge in [-0.25, -0.2) is 0 Å². The number of piperazine rings is 1. The number of nitrogens with one attached hydrogen (secondary N) is 2. The standard InChI is InChI=1S/C21H25ClN4O2S2/c1-14(2)12-19(27)24-21(29)23-15-5-6-17(16(22)13-15)25-7-9-26(10-8-25)20(28)18-4-3-11-30-18/h3-6,11,13-14H,7-10,12H2,1-2H3,(H2,23,24,27,29). The number of hydrogen-bond acceptors (Lipinski definition) is 5. The van der Waals surface area contributed by atoms with Gasteiger partial charge in [0.25, 0.3) is 5.91 Å². The van der Waals surface area contributed by atoms with Crippen molar-refractivity contribution in [2.24, 2.45) is 5.92 Å². The van der Waals surface area contributed by atoms with Crippen molar-refractivity contribution >= 4 is 63.5 Å². The van der Waals surface area contributed by atoms with E-state index in [1.54, 1.807) is 6.07 Å². The Morgan fingerprint density at radius 1 is 1.20 bits per heavy atom. The van der Waals surface area contributed by atoms with Gasteiger partial charge in [-0.15, -0.1) is 11.3 Å². The van der Waals surface area contributed by atoms with Gasteiger partial charge in [0.1, 0.15) is 0 Å². The lowest BCUT2D eigenvalue weighted by molar-refractivity contribution is -0.120. The number of anilines is 2. The molecule has 0 unspecified atom stereocenters. The zero-order valence-electron chi connectivity index (χ0n) is 17.0. The molecule has 1 aromatic heterocycles. The fraction of sp³-hybridized carbons (Fsp3) is 0.381. The highest BCUT2D eigenvalue weighted by Gasteiger charge is 2.24. The Kier molecular flexibility index (Phi) is 7.69. The van der Waals surface area contributed by atoms with Crippen molar-refractivity contribution in [3.63, 3.8) is 0 Å². The summed E-state index contributed by atoms with van der Waals surface area (Å²) in [5.41, 5.74) is 1.63. The lowest BCUT2D eigenvalue weighted by atomic mass is 10.1. The van der Waals surface area contributed by atoms with Crippen LogP contribution in [0.1, 0.15) is 29.9 Å². The molecule has 6 nitrogen and oxygen atoms in total. The number of nitrogens with zero attached hydrogens (tertiary/aromatic N) is 2. The molecule has 0 bridgehead atoms. The van der Waals surface area contributed by atoms with Crippen LogP contribution in [0.5, 0.6) is 0 Å². The number of hydrogen-bond donors (Lipinski definition) is 2. The number of benzene rings is 1. The minimum atomic E-state index is -0.111. The highest BCUT2D eigenvalue weighted by molar-refractivity contribution is 7.80. The van der Waals surface area contributed by atoms with Crippen LogP contribution >= 0.6 is 35.2 Å². The van der Waals surface area contributed by atoms with Crippen LogP contribution in [0.3, 0.4) is 0 Å². The maximum atomic E-state index is 12.5. The normalized spacial score (nSPS) is 14.0. The van der Waals surface area contributed by atoms with E-state index >= 15 is 0 Å². The smallest absolute Gasteiger partial charge is 0.264 e. The molecule has 2 heterocycles. The average molecular weight is 465 g/mol. The molecule has 0 saturated carbocycles. The number of carbonyl (C=O) groups is 2. The van der Waals surface area contributed by atoms with E-state index in [9.17, 15) is 9.59 Å². The molecule has 1 aromatic carbocycles. The van der Waals surface area contributed by atoms with E-state index in [1.807, 2.05) is 48.4 Å². The first-order valence-corrected chi connectivity index (χ1v) is 11.5. The van der Waals surface area contributed by atoms with Crippen molar-refractivity contribution in [1.29, 1.82) is 0 Å². The first-order chi connectivity index (χ1) is 14.3. The molecule has 2 N–H and O–H groups in total. The lowest BCUT2D eigenvalue weighted by Crippen LogP contribution is -2.48. The zero-order chi connectivity index (χ0) is 21.7. The third-order valence-electron chi connectivity index (χ3n) is 4.69. The molecule has 0 radical (unpaired) electrons. The summed E-state index contributed by atoms with van der Waals surface area (Å²) >= 11 is 13.2. The number of carbonyl (C=O) groups excluding carboxylic acids is 2. The molecule has 1 aliphatic heterocycles. The summed E-state index contributed by atoms with van der Waals surface area (Å²) in [4.78, 5) is 29.2. The van der Waals surface area contributed by atoms with E-state index in [2.05, 4.69) is 15.5 Å². The molecule has 2 amide bonds. The summed E-state index contributed by atoms with van der Waals surface area (Å²) in [5, 5.41) is 8.44. The fourth-order valence-corrected chi connectivity index (χ4v) is 4.48. The summed E-state index contributed by atoms with van der Waals surface area (Å²) in [6, 6.07) is 9.36. The second-order valence-corrected chi connectivity index (χ2v) is 9.29. The molecule has 1 saturated heterocycles. The predicted molar refractivity (Wildman–Crippen MR) is 128 cm³/mol. The average Bonchev–Trinajstić information content (AvgIpc) is 3.21. The maximum absolute atomic E-state index is 12.5. The fourth-order valence-electron chi connectivity index (χ4n) is 3.26. The van der Waals surface area contributed by atoms with Crippen LogP contribution in [0.2, 0.25) is 5.02 Å². The van der Waals surface area contributed by atoms with Gasteiger partial charge >= 0.3 is 0 Å². The van der Waals surface area contributed by atoms with Crippen molar-refractivity contribution in [3.8, 4) is 0 Å². The molecule has 0 spiro atoms. The monoisotopic (exact) mass is 464 g/mol. The Bertz CT molecular complexity index is 910. The molecule has 1 fully saturated rings. The van der Waals surface area contributed by atoms with Crippen LogP contribution in [-0.4, -0.2) is 48.0 Å². The zero-order valence-corrected chi connectivity index (χ0v) is 19.4. The topological polar surface area (TPSA) is 64.7 Å². The van der Waals surface area contributed by atoms with Crippen LogP contribution in [0.4, 0.5) is 11.4 Å². The highest BCUT2D eigenvalue weighted by Crippen LogP contribution is 2.30. The molecule has 3 rings (SSSR count). The molecule has 0 aliphatic carbocycles. The van der Waals surface area contributed by atoms with E-state index in [-0.39, 0.29) is 22.8 Å². The van der Waals surface area contributed by atoms with Gasteiger partial charge in [0, 0.05) is 38.3 Å². The molecule has 1 aliphatic rings. The summed E-state index contributed by atoms with van der Waals surface area (Å²) in [6.07, 6.45) is 0.419. The maximum Gasteiger partial charge on any atom is 0.264 e. The van der Waals surface area contributed by atoms with E-state index in [0.29, 0.717) is 43.3 Å². The summed E-state index contributed by atoms with van der Waals surface area (Å²) in [5.74, 6) is 0.242. The van der Waals surface area contributed by atoms with Gasteiger partial charge in [-0.1, -0.05) is 31.5 Å². The predicted octanol–water partition coefficient (Wildman–Crippen LogP) is 4.22. The van der Waals surface area contributed by atoms with Crippen molar-refractivity contribution in [2.45, 2.75) is 20.3 Å². The Hall–Kier alpha value is -2.16. The molecule has 30 heavy (non-hydrogen) atoms. The number of amides is 2. The summed E-state index contributed by atoms with van der Waals surface area (Å²) in [6.45, 7) is 6.69. The largest absolute Gasteiger partial charge is 0.367 e. The van der Waals surface area contributed by atoms with Crippen LogP contribution in [0, 0.1) is 5.92 Å². The number of halogens is 1. The number of thiocarbonyl (C=S) groups is 1. The van der Waals surface area contributed by atoms with Crippen molar-refractivity contribution in [1.82, 2.24) is 10.2 Å². The van der Waals surface area contributed by atoms with Crippen LogP contribution < -0.4 is 15.5 Å². The van der Waals surface area contributed by atoms with Crippen molar-refractivity contribution in [2.75, 3.05) is 36.4 Å². The summed E-state index contributed by atoms with van der Waals surface area (Å²) in [7, 11) is 0. The molecule has 0 atom stereocenters. The van der Waals surface area contributed by atoms with Gasteiger partial charge in [0.15, 0.2) is 5.11 Å². The Balaban J connectivity index is 1.55. The minimum absolute atomic E-state index is 0.0864. The van der Waals surface area contributed by atoms with Gasteiger partial charge in [0.05, 0.1) is 15.6 Å². The number of rotatable bonds is 5. The Morgan fingerprint density at radius 2 is 1.93 bits per heavy atom. The van der Waals surface area contributed by atoms with Gasteiger partial charge < -0.3 is 20.4 Å². The van der Waals surface area contributed by atoms with Gasteiger partial charge in [0.2, 0.25) is 5.91 Å². The van der Waals surface area contributed by atoms with E-state index in [1.165, 1.54) is 11.3 Å². The molecule has 160 valence electrons. The van der Waals surface area contributed by atoms with E-state index in [4.69, 9.17) is 23.8 Å². The first kappa shape index (κ1) is 22.5. The van der Waals surface area contributed by atoms with Gasteiger partial charge in [-0.05, 0) is 47.8 Å². The van der Waals surface area contributed by atoms with Crippen LogP contribution in [0.15, 0.2) is 35.7 Å².